The molecule has 4 heteroatoms. The SMILES string of the molecule is N#Cc1cc(NCc2ccc(Br)cc2)nc2ccccc12. The molecule has 0 atom stereocenters. The van der Waals surface area contributed by atoms with Crippen LogP contribution in [0.1, 0.15) is 11.1 Å². The van der Waals surface area contributed by atoms with Crippen molar-refractivity contribution in [1.82, 2.24) is 4.98 Å². The number of nitrogens with zero attached hydrogens (tertiary/aromatic N) is 2. The number of para-hydroxylation sites is 1. The summed E-state index contributed by atoms with van der Waals surface area (Å²) in [7, 11) is 0. The van der Waals surface area contributed by atoms with Gasteiger partial charge in [0.2, 0.25) is 0 Å². The molecule has 102 valence electrons. The van der Waals surface area contributed by atoms with Crippen LogP contribution in [0.15, 0.2) is 59.1 Å². The lowest BCUT2D eigenvalue weighted by Gasteiger charge is -2.08. The van der Waals surface area contributed by atoms with Crippen LogP contribution in [-0.4, -0.2) is 4.98 Å². The van der Waals surface area contributed by atoms with Gasteiger partial charge in [0.15, 0.2) is 0 Å². The van der Waals surface area contributed by atoms with Gasteiger partial charge in [-0.25, -0.2) is 4.98 Å². The largest absolute Gasteiger partial charge is 0.366 e. The summed E-state index contributed by atoms with van der Waals surface area (Å²) in [6.45, 7) is 0.670. The summed E-state index contributed by atoms with van der Waals surface area (Å²) in [4.78, 5) is 4.54. The molecule has 0 saturated heterocycles. The molecule has 0 radical (unpaired) electrons. The zero-order valence-corrected chi connectivity index (χ0v) is 12.8. The van der Waals surface area contributed by atoms with Gasteiger partial charge in [0, 0.05) is 16.4 Å². The highest BCUT2D eigenvalue weighted by molar-refractivity contribution is 9.10. The maximum atomic E-state index is 9.27. The highest BCUT2D eigenvalue weighted by Crippen LogP contribution is 2.20. The zero-order chi connectivity index (χ0) is 14.7. The molecule has 3 aromatic rings. The Hall–Kier alpha value is -2.38. The number of nitrogens with one attached hydrogen (secondary N) is 1. The van der Waals surface area contributed by atoms with Gasteiger partial charge in [0.1, 0.15) is 5.82 Å². The van der Waals surface area contributed by atoms with Crippen molar-refractivity contribution in [1.29, 1.82) is 5.26 Å². The van der Waals surface area contributed by atoms with Crippen LogP contribution in [0, 0.1) is 11.3 Å². The number of pyridine rings is 1. The molecule has 3 nitrogen and oxygen atoms in total. The Balaban J connectivity index is 1.87. The average molecular weight is 338 g/mol. The maximum absolute atomic E-state index is 9.27. The molecule has 0 spiro atoms. The van der Waals surface area contributed by atoms with E-state index in [1.165, 1.54) is 0 Å². The van der Waals surface area contributed by atoms with Crippen molar-refractivity contribution in [3.63, 3.8) is 0 Å². The van der Waals surface area contributed by atoms with Gasteiger partial charge in [-0.3, -0.25) is 0 Å². The predicted molar refractivity (Wildman–Crippen MR) is 87.9 cm³/mol. The van der Waals surface area contributed by atoms with Gasteiger partial charge >= 0.3 is 0 Å². The zero-order valence-electron chi connectivity index (χ0n) is 11.2. The molecule has 2 aromatic carbocycles. The molecular formula is C17H12BrN3. The smallest absolute Gasteiger partial charge is 0.128 e. The van der Waals surface area contributed by atoms with E-state index < -0.39 is 0 Å². The fourth-order valence-electron chi connectivity index (χ4n) is 2.15. The number of anilines is 1. The van der Waals surface area contributed by atoms with E-state index in [2.05, 4.69) is 32.3 Å². The van der Waals surface area contributed by atoms with Crippen LogP contribution in [0.3, 0.4) is 0 Å². The molecular weight excluding hydrogens is 326 g/mol. The monoisotopic (exact) mass is 337 g/mol. The molecule has 0 saturated carbocycles. The highest BCUT2D eigenvalue weighted by atomic mass is 79.9. The van der Waals surface area contributed by atoms with E-state index >= 15 is 0 Å². The first-order valence-electron chi connectivity index (χ1n) is 6.54. The second-order valence-electron chi connectivity index (χ2n) is 4.66. The van der Waals surface area contributed by atoms with Crippen LogP contribution in [0.4, 0.5) is 5.82 Å². The predicted octanol–water partition coefficient (Wildman–Crippen LogP) is 4.48. The van der Waals surface area contributed by atoms with Gasteiger partial charge in [0.05, 0.1) is 17.1 Å². The van der Waals surface area contributed by atoms with E-state index in [0.29, 0.717) is 17.9 Å². The third-order valence-corrected chi connectivity index (χ3v) is 3.75. The molecule has 0 aliphatic carbocycles. The lowest BCUT2D eigenvalue weighted by Crippen LogP contribution is -2.02. The first kappa shape index (κ1) is 13.6. The summed E-state index contributed by atoms with van der Waals surface area (Å²) in [5, 5.41) is 13.4. The van der Waals surface area contributed by atoms with Gasteiger partial charge in [-0.05, 0) is 29.8 Å². The molecule has 0 bridgehead atoms. The second-order valence-corrected chi connectivity index (χ2v) is 5.58. The Labute approximate surface area is 131 Å². The van der Waals surface area contributed by atoms with Crippen molar-refractivity contribution in [2.75, 3.05) is 5.32 Å². The number of halogens is 1. The van der Waals surface area contributed by atoms with Crippen molar-refractivity contribution >= 4 is 32.7 Å². The molecule has 0 fully saturated rings. The van der Waals surface area contributed by atoms with Gasteiger partial charge in [-0.2, -0.15) is 5.26 Å². The second kappa shape index (κ2) is 5.94. The minimum absolute atomic E-state index is 0.638. The third kappa shape index (κ3) is 3.04. The fourth-order valence-corrected chi connectivity index (χ4v) is 2.42. The maximum Gasteiger partial charge on any atom is 0.128 e. The molecule has 1 heterocycles. The summed E-state index contributed by atoms with van der Waals surface area (Å²) in [5.74, 6) is 0.716. The van der Waals surface area contributed by atoms with Crippen LogP contribution in [-0.2, 0) is 6.54 Å². The van der Waals surface area contributed by atoms with Crippen molar-refractivity contribution < 1.29 is 0 Å². The Morgan fingerprint density at radius 1 is 1.10 bits per heavy atom. The van der Waals surface area contributed by atoms with E-state index in [4.69, 9.17) is 0 Å². The number of nitriles is 1. The molecule has 0 unspecified atom stereocenters. The number of hydrogen-bond acceptors (Lipinski definition) is 3. The lowest BCUT2D eigenvalue weighted by atomic mass is 10.1. The van der Waals surface area contributed by atoms with Gasteiger partial charge < -0.3 is 5.32 Å². The van der Waals surface area contributed by atoms with Crippen LogP contribution in [0.5, 0.6) is 0 Å². The van der Waals surface area contributed by atoms with Crippen LogP contribution in [0.2, 0.25) is 0 Å². The highest BCUT2D eigenvalue weighted by Gasteiger charge is 2.04. The quantitative estimate of drug-likeness (QED) is 0.766. The summed E-state index contributed by atoms with van der Waals surface area (Å²) in [5.41, 5.74) is 2.63. The number of aromatic nitrogens is 1. The average Bonchev–Trinajstić information content (AvgIpc) is 2.53. The topological polar surface area (TPSA) is 48.7 Å². The summed E-state index contributed by atoms with van der Waals surface area (Å²) in [6, 6.07) is 19.8. The van der Waals surface area contributed by atoms with E-state index in [1.54, 1.807) is 6.07 Å². The van der Waals surface area contributed by atoms with E-state index in [1.807, 2.05) is 48.5 Å². The van der Waals surface area contributed by atoms with Gasteiger partial charge in [-0.1, -0.05) is 46.3 Å². The van der Waals surface area contributed by atoms with E-state index in [9.17, 15) is 5.26 Å². The van der Waals surface area contributed by atoms with E-state index in [0.717, 1.165) is 20.9 Å². The minimum Gasteiger partial charge on any atom is -0.366 e. The Morgan fingerprint density at radius 2 is 1.86 bits per heavy atom. The standard InChI is InChI=1S/C17H12BrN3/c18-14-7-5-12(6-8-14)11-20-17-9-13(10-19)15-3-1-2-4-16(15)21-17/h1-9H,11H2,(H,20,21). The van der Waals surface area contributed by atoms with Crippen molar-refractivity contribution in [3.8, 4) is 6.07 Å². The first-order valence-corrected chi connectivity index (χ1v) is 7.34. The molecule has 0 aliphatic heterocycles. The molecule has 21 heavy (non-hydrogen) atoms. The minimum atomic E-state index is 0.638. The van der Waals surface area contributed by atoms with Crippen molar-refractivity contribution in [2.24, 2.45) is 0 Å². The third-order valence-electron chi connectivity index (χ3n) is 3.22. The van der Waals surface area contributed by atoms with Gasteiger partial charge in [0.25, 0.3) is 0 Å². The van der Waals surface area contributed by atoms with Crippen LogP contribution in [0.25, 0.3) is 10.9 Å². The lowest BCUT2D eigenvalue weighted by molar-refractivity contribution is 1.12. The Kier molecular flexibility index (Phi) is 3.85. The Morgan fingerprint density at radius 3 is 2.62 bits per heavy atom. The summed E-state index contributed by atoms with van der Waals surface area (Å²) in [6.07, 6.45) is 0. The number of benzene rings is 2. The molecule has 1 N–H and O–H groups in total. The molecule has 1 aromatic heterocycles. The Bertz CT molecular complexity index is 820. The van der Waals surface area contributed by atoms with Crippen molar-refractivity contribution in [3.05, 3.63) is 70.2 Å². The number of fused-ring (bicyclic) bond motifs is 1. The normalized spacial score (nSPS) is 10.3. The summed E-state index contributed by atoms with van der Waals surface area (Å²) < 4.78 is 1.06. The van der Waals surface area contributed by atoms with E-state index in [-0.39, 0.29) is 0 Å². The number of rotatable bonds is 3. The fraction of sp³-hybridized carbons (Fsp3) is 0.0588. The van der Waals surface area contributed by atoms with Crippen molar-refractivity contribution in [2.45, 2.75) is 6.54 Å². The van der Waals surface area contributed by atoms with Crippen LogP contribution < -0.4 is 5.32 Å². The molecule has 0 aliphatic rings. The molecule has 0 amide bonds. The first-order chi connectivity index (χ1) is 10.3. The van der Waals surface area contributed by atoms with Gasteiger partial charge in [-0.15, -0.1) is 0 Å². The summed E-state index contributed by atoms with van der Waals surface area (Å²) >= 11 is 3.42. The van der Waals surface area contributed by atoms with Crippen LogP contribution >= 0.6 is 15.9 Å². The number of hydrogen-bond donors (Lipinski definition) is 1. The molecule has 3 rings (SSSR count).